The van der Waals surface area contributed by atoms with E-state index in [1.54, 1.807) is 4.90 Å². The van der Waals surface area contributed by atoms with E-state index in [1.807, 2.05) is 18.2 Å². The maximum atomic E-state index is 12.5. The number of aromatic nitrogens is 1. The number of H-pyrrole nitrogens is 1. The first kappa shape index (κ1) is 16.0. The van der Waals surface area contributed by atoms with Crippen LogP contribution in [0.3, 0.4) is 0 Å². The lowest BCUT2D eigenvalue weighted by atomic mass is 10.0. The summed E-state index contributed by atoms with van der Waals surface area (Å²) in [5, 5.41) is 6.41. The van der Waals surface area contributed by atoms with Crippen molar-refractivity contribution in [1.82, 2.24) is 20.5 Å². The molecule has 2 aromatic rings. The van der Waals surface area contributed by atoms with Crippen LogP contribution in [-0.2, 0) is 22.6 Å². The highest BCUT2D eigenvalue weighted by Gasteiger charge is 2.31. The molecule has 3 N–H and O–H groups in total. The lowest BCUT2D eigenvalue weighted by Gasteiger charge is -2.27. The van der Waals surface area contributed by atoms with E-state index in [0.717, 1.165) is 28.6 Å². The van der Waals surface area contributed by atoms with Crippen LogP contribution in [0.5, 0.6) is 0 Å². The molecule has 0 bridgehead atoms. The Bertz CT molecular complexity index is 891. The zero-order valence-corrected chi connectivity index (χ0v) is 14.2. The summed E-state index contributed by atoms with van der Waals surface area (Å²) >= 11 is 6.24. The molecule has 8 heteroatoms. The third-order valence-corrected chi connectivity index (χ3v) is 5.13. The van der Waals surface area contributed by atoms with Gasteiger partial charge in [0.05, 0.1) is 10.5 Å². The molecule has 1 aromatic carbocycles. The van der Waals surface area contributed by atoms with Gasteiger partial charge in [-0.2, -0.15) is 0 Å². The van der Waals surface area contributed by atoms with Gasteiger partial charge in [-0.1, -0.05) is 23.7 Å². The van der Waals surface area contributed by atoms with Crippen LogP contribution < -0.4 is 10.6 Å². The highest BCUT2D eigenvalue weighted by atomic mass is 35.5. The first-order valence-corrected chi connectivity index (χ1v) is 8.58. The van der Waals surface area contributed by atoms with Crippen molar-refractivity contribution in [3.8, 4) is 0 Å². The van der Waals surface area contributed by atoms with Gasteiger partial charge < -0.3 is 15.2 Å². The van der Waals surface area contributed by atoms with Crippen LogP contribution in [0.2, 0.25) is 5.02 Å². The van der Waals surface area contributed by atoms with Crippen molar-refractivity contribution in [3.05, 3.63) is 34.5 Å². The van der Waals surface area contributed by atoms with Gasteiger partial charge in [0.2, 0.25) is 5.91 Å². The largest absolute Gasteiger partial charge is 0.357 e. The number of rotatable bonds is 3. The minimum absolute atomic E-state index is 0.0176. The number of aromatic amines is 1. The van der Waals surface area contributed by atoms with Crippen molar-refractivity contribution in [3.63, 3.8) is 0 Å². The molecule has 1 fully saturated rings. The maximum Gasteiger partial charge on any atom is 0.322 e. The smallest absolute Gasteiger partial charge is 0.322 e. The monoisotopic (exact) mass is 360 g/mol. The van der Waals surface area contributed by atoms with Gasteiger partial charge in [-0.15, -0.1) is 0 Å². The number of amides is 4. The fraction of sp³-hybridized carbons (Fsp3) is 0.353. The molecular formula is C17H17ClN4O3. The normalized spacial score (nSPS) is 19.7. The number of halogens is 1. The highest BCUT2D eigenvalue weighted by molar-refractivity contribution is 6.35. The molecule has 130 valence electrons. The van der Waals surface area contributed by atoms with Gasteiger partial charge in [-0.3, -0.25) is 14.9 Å². The molecule has 25 heavy (non-hydrogen) atoms. The van der Waals surface area contributed by atoms with E-state index in [4.69, 9.17) is 11.6 Å². The second kappa shape index (κ2) is 6.07. The van der Waals surface area contributed by atoms with Crippen molar-refractivity contribution >= 4 is 40.3 Å². The summed E-state index contributed by atoms with van der Waals surface area (Å²) in [6.45, 7) is 1.15. The van der Waals surface area contributed by atoms with Crippen LogP contribution in [0.25, 0.3) is 10.9 Å². The number of carbonyl (C=O) groups excluding carboxylic acids is 3. The Hall–Kier alpha value is -2.54. The summed E-state index contributed by atoms with van der Waals surface area (Å²) in [5.74, 6) is -0.388. The van der Waals surface area contributed by atoms with E-state index in [-0.39, 0.29) is 18.2 Å². The third kappa shape index (κ3) is 2.84. The minimum Gasteiger partial charge on any atom is -0.357 e. The average molecular weight is 361 g/mol. The molecule has 1 aromatic heterocycles. The molecule has 0 aliphatic carbocycles. The van der Waals surface area contributed by atoms with E-state index < -0.39 is 12.1 Å². The summed E-state index contributed by atoms with van der Waals surface area (Å²) in [6, 6.07) is 4.63. The number of hydrogen-bond donors (Lipinski definition) is 3. The number of nitrogens with zero attached hydrogens (tertiary/aromatic N) is 1. The molecule has 2 aliphatic heterocycles. The van der Waals surface area contributed by atoms with E-state index >= 15 is 0 Å². The average Bonchev–Trinajstić information content (AvgIpc) is 3.12. The fourth-order valence-corrected chi connectivity index (χ4v) is 3.72. The first-order valence-electron chi connectivity index (χ1n) is 8.20. The number of hydrogen-bond acceptors (Lipinski definition) is 3. The molecule has 1 atom stereocenters. The molecule has 1 unspecified atom stereocenters. The number of fused-ring (bicyclic) bond motifs is 3. The topological polar surface area (TPSA) is 94.3 Å². The number of para-hydroxylation sites is 1. The van der Waals surface area contributed by atoms with Crippen LogP contribution in [0.1, 0.15) is 24.1 Å². The molecule has 4 amide bonds. The lowest BCUT2D eigenvalue weighted by Crippen LogP contribution is -2.37. The number of imide groups is 1. The van der Waals surface area contributed by atoms with Crippen LogP contribution in [0.4, 0.5) is 4.79 Å². The van der Waals surface area contributed by atoms with Gasteiger partial charge in [-0.25, -0.2) is 4.79 Å². The number of benzene rings is 1. The van der Waals surface area contributed by atoms with Crippen molar-refractivity contribution in [2.45, 2.75) is 31.8 Å². The van der Waals surface area contributed by atoms with E-state index in [0.29, 0.717) is 24.5 Å². The molecule has 1 saturated heterocycles. The van der Waals surface area contributed by atoms with Crippen molar-refractivity contribution in [2.24, 2.45) is 0 Å². The Morgan fingerprint density at radius 2 is 2.16 bits per heavy atom. The van der Waals surface area contributed by atoms with Crippen molar-refractivity contribution in [2.75, 3.05) is 6.54 Å². The van der Waals surface area contributed by atoms with Crippen LogP contribution >= 0.6 is 11.6 Å². The van der Waals surface area contributed by atoms with Crippen LogP contribution in [0.15, 0.2) is 18.2 Å². The highest BCUT2D eigenvalue weighted by Crippen LogP contribution is 2.31. The maximum absolute atomic E-state index is 12.5. The SMILES string of the molecule is O=C1NC(=O)C(CCC(=O)N2CCc3[nH]c4c(Cl)cccc4c3C2)N1. The predicted octanol–water partition coefficient (Wildman–Crippen LogP) is 1.69. The van der Waals surface area contributed by atoms with Gasteiger partial charge in [-0.05, 0) is 12.5 Å². The first-order chi connectivity index (χ1) is 12.0. The van der Waals surface area contributed by atoms with Crippen molar-refractivity contribution in [1.29, 1.82) is 0 Å². The second-order valence-electron chi connectivity index (χ2n) is 6.36. The quantitative estimate of drug-likeness (QED) is 0.727. The standard InChI is InChI=1S/C17H17ClN4O3/c18-11-3-1-2-9-10-8-22(7-6-12(10)19-15(9)11)14(23)5-4-13-16(24)21-17(25)20-13/h1-3,13,19H,4-8H2,(H2,20,21,24,25). The minimum atomic E-state index is -0.622. The molecule has 0 saturated carbocycles. The molecule has 3 heterocycles. The predicted molar refractivity (Wildman–Crippen MR) is 92.1 cm³/mol. The zero-order valence-electron chi connectivity index (χ0n) is 13.4. The van der Waals surface area contributed by atoms with Gasteiger partial charge in [0.1, 0.15) is 6.04 Å². The number of nitrogens with one attached hydrogen (secondary N) is 3. The Balaban J connectivity index is 1.46. The number of carbonyl (C=O) groups is 3. The summed E-state index contributed by atoms with van der Waals surface area (Å²) in [7, 11) is 0. The Morgan fingerprint density at radius 1 is 1.32 bits per heavy atom. The van der Waals surface area contributed by atoms with Gasteiger partial charge >= 0.3 is 6.03 Å². The summed E-state index contributed by atoms with van der Waals surface area (Å²) in [6.07, 6.45) is 1.27. The van der Waals surface area contributed by atoms with Crippen LogP contribution in [0, 0.1) is 0 Å². The summed E-state index contributed by atoms with van der Waals surface area (Å²) < 4.78 is 0. The third-order valence-electron chi connectivity index (χ3n) is 4.82. The zero-order chi connectivity index (χ0) is 17.6. The Morgan fingerprint density at radius 3 is 2.92 bits per heavy atom. The molecule has 2 aliphatic rings. The lowest BCUT2D eigenvalue weighted by molar-refractivity contribution is -0.132. The molecule has 0 spiro atoms. The summed E-state index contributed by atoms with van der Waals surface area (Å²) in [5.41, 5.74) is 3.13. The number of urea groups is 1. The van der Waals surface area contributed by atoms with Crippen molar-refractivity contribution < 1.29 is 14.4 Å². The van der Waals surface area contributed by atoms with E-state index in [9.17, 15) is 14.4 Å². The van der Waals surface area contributed by atoms with E-state index in [1.165, 1.54) is 0 Å². The summed E-state index contributed by atoms with van der Waals surface area (Å²) in [4.78, 5) is 40.3. The molecule has 4 rings (SSSR count). The molecular weight excluding hydrogens is 344 g/mol. The van der Waals surface area contributed by atoms with Gasteiger partial charge in [0.25, 0.3) is 5.91 Å². The van der Waals surface area contributed by atoms with Gasteiger partial charge in [0, 0.05) is 42.6 Å². The van der Waals surface area contributed by atoms with Gasteiger partial charge in [0.15, 0.2) is 0 Å². The second-order valence-corrected chi connectivity index (χ2v) is 6.77. The fourth-order valence-electron chi connectivity index (χ4n) is 3.50. The van der Waals surface area contributed by atoms with Crippen LogP contribution in [-0.4, -0.2) is 40.3 Å². The molecule has 0 radical (unpaired) electrons. The Labute approximate surface area is 148 Å². The molecule has 7 nitrogen and oxygen atoms in total. The Kier molecular flexibility index (Phi) is 3.88. The van der Waals surface area contributed by atoms with E-state index in [2.05, 4.69) is 15.6 Å².